The maximum absolute atomic E-state index is 12.8. The van der Waals surface area contributed by atoms with Gasteiger partial charge in [0.05, 0.1) is 24.3 Å². The normalized spacial score (nSPS) is 18.8. The number of hydrogen-bond donors (Lipinski definition) is 3. The first-order chi connectivity index (χ1) is 14.6. The monoisotopic (exact) mass is 432 g/mol. The first-order valence-electron chi connectivity index (χ1n) is 10.6. The third kappa shape index (κ3) is 6.17. The summed E-state index contributed by atoms with van der Waals surface area (Å²) in [6, 6.07) is 8.84. The van der Waals surface area contributed by atoms with Gasteiger partial charge in [0.15, 0.2) is 0 Å². The third-order valence-corrected chi connectivity index (χ3v) is 5.61. The molecule has 2 aromatic rings. The highest BCUT2D eigenvalue weighted by Gasteiger charge is 2.25. The number of aliphatic hydroxyl groups is 2. The molecule has 1 aliphatic carbocycles. The van der Waals surface area contributed by atoms with Gasteiger partial charge in [-0.2, -0.15) is 0 Å². The predicted octanol–water partition coefficient (Wildman–Crippen LogP) is 3.98. The summed E-state index contributed by atoms with van der Waals surface area (Å²) in [5.41, 5.74) is 1.99. The summed E-state index contributed by atoms with van der Waals surface area (Å²) in [4.78, 5) is 17.2. The lowest BCUT2D eigenvalue weighted by Crippen LogP contribution is -2.45. The fourth-order valence-electron chi connectivity index (χ4n) is 3.62. The molecule has 0 bridgehead atoms. The molecule has 162 valence electrons. The van der Waals surface area contributed by atoms with Crippen LogP contribution in [0.5, 0.6) is 5.88 Å². The van der Waals surface area contributed by atoms with Crippen molar-refractivity contribution in [3.05, 3.63) is 47.1 Å². The first-order valence-corrected chi connectivity index (χ1v) is 10.9. The Balaban J connectivity index is 1.78. The molecular formula is C23H29ClN2O4. The van der Waals surface area contributed by atoms with E-state index in [9.17, 15) is 9.90 Å². The second kappa shape index (κ2) is 11.3. The molecule has 1 aromatic heterocycles. The Bertz CT molecular complexity index is 828. The van der Waals surface area contributed by atoms with Crippen molar-refractivity contribution in [2.45, 2.75) is 57.1 Å². The van der Waals surface area contributed by atoms with Gasteiger partial charge in [0.2, 0.25) is 5.88 Å². The van der Waals surface area contributed by atoms with Gasteiger partial charge < -0.3 is 20.3 Å². The zero-order valence-electron chi connectivity index (χ0n) is 17.0. The van der Waals surface area contributed by atoms with E-state index in [1.807, 2.05) is 12.1 Å². The van der Waals surface area contributed by atoms with Crippen LogP contribution in [0.25, 0.3) is 11.1 Å². The molecule has 1 amide bonds. The number of rotatable bonds is 9. The Kier molecular flexibility index (Phi) is 8.49. The lowest BCUT2D eigenvalue weighted by molar-refractivity contribution is 0.0717. The number of hydrogen-bond acceptors (Lipinski definition) is 5. The van der Waals surface area contributed by atoms with Gasteiger partial charge in [0, 0.05) is 23.4 Å². The maximum Gasteiger partial charge on any atom is 0.253 e. The number of amides is 1. The van der Waals surface area contributed by atoms with Crippen LogP contribution in [-0.4, -0.2) is 46.5 Å². The van der Waals surface area contributed by atoms with E-state index < -0.39 is 6.10 Å². The number of pyridine rings is 1. The molecule has 0 unspecified atom stereocenters. The number of aliphatic hydroxyl groups excluding tert-OH is 2. The minimum Gasteiger partial charge on any atom is -0.477 e. The highest BCUT2D eigenvalue weighted by molar-refractivity contribution is 6.30. The van der Waals surface area contributed by atoms with Gasteiger partial charge in [0.1, 0.15) is 0 Å². The van der Waals surface area contributed by atoms with Gasteiger partial charge in [-0.05, 0) is 55.9 Å². The third-order valence-electron chi connectivity index (χ3n) is 5.36. The number of nitrogens with one attached hydrogen (secondary N) is 1. The van der Waals surface area contributed by atoms with Crippen LogP contribution < -0.4 is 10.1 Å². The predicted molar refractivity (Wildman–Crippen MR) is 117 cm³/mol. The fourth-order valence-corrected chi connectivity index (χ4v) is 3.74. The van der Waals surface area contributed by atoms with Gasteiger partial charge in [-0.1, -0.05) is 36.6 Å². The average molecular weight is 433 g/mol. The first kappa shape index (κ1) is 22.5. The SMILES string of the molecule is O=C(N[C@@H]1CCCC[C@H]1O)c1cnc(OCCCCCO)c(-c2ccc(Cl)cc2)c1. The number of aromatic nitrogens is 1. The molecule has 6 nitrogen and oxygen atoms in total. The Morgan fingerprint density at radius 3 is 2.67 bits per heavy atom. The van der Waals surface area contributed by atoms with Crippen molar-refractivity contribution in [3.8, 4) is 17.0 Å². The Morgan fingerprint density at radius 1 is 1.17 bits per heavy atom. The van der Waals surface area contributed by atoms with E-state index >= 15 is 0 Å². The summed E-state index contributed by atoms with van der Waals surface area (Å²) in [7, 11) is 0. The zero-order chi connectivity index (χ0) is 21.3. The van der Waals surface area contributed by atoms with Gasteiger partial charge in [-0.25, -0.2) is 4.98 Å². The fraction of sp³-hybridized carbons (Fsp3) is 0.478. The van der Waals surface area contributed by atoms with Crippen LogP contribution in [0, 0.1) is 0 Å². The lowest BCUT2D eigenvalue weighted by atomic mass is 9.92. The molecule has 3 rings (SSSR count). The quantitative estimate of drug-likeness (QED) is 0.521. The number of carbonyl (C=O) groups is 1. The van der Waals surface area contributed by atoms with E-state index in [1.54, 1.807) is 18.2 Å². The summed E-state index contributed by atoms with van der Waals surface area (Å²) in [5.74, 6) is 0.203. The van der Waals surface area contributed by atoms with Crippen molar-refractivity contribution in [1.82, 2.24) is 10.3 Å². The highest BCUT2D eigenvalue weighted by atomic mass is 35.5. The Hall–Kier alpha value is -2.15. The molecule has 1 heterocycles. The van der Waals surface area contributed by atoms with Crippen molar-refractivity contribution in [1.29, 1.82) is 0 Å². The Morgan fingerprint density at radius 2 is 1.93 bits per heavy atom. The van der Waals surface area contributed by atoms with Crippen molar-refractivity contribution in [2.24, 2.45) is 0 Å². The summed E-state index contributed by atoms with van der Waals surface area (Å²) < 4.78 is 5.87. The molecule has 0 aliphatic heterocycles. The summed E-state index contributed by atoms with van der Waals surface area (Å²) in [5, 5.41) is 22.6. The molecule has 1 saturated carbocycles. The summed E-state index contributed by atoms with van der Waals surface area (Å²) in [6.45, 7) is 0.654. The van der Waals surface area contributed by atoms with Crippen molar-refractivity contribution in [3.63, 3.8) is 0 Å². The van der Waals surface area contributed by atoms with Crippen molar-refractivity contribution in [2.75, 3.05) is 13.2 Å². The van der Waals surface area contributed by atoms with Crippen LogP contribution in [-0.2, 0) is 0 Å². The number of carbonyl (C=O) groups excluding carboxylic acids is 1. The molecule has 1 aliphatic rings. The van der Waals surface area contributed by atoms with E-state index in [4.69, 9.17) is 21.4 Å². The largest absolute Gasteiger partial charge is 0.477 e. The second-order valence-electron chi connectivity index (χ2n) is 7.65. The molecule has 1 aromatic carbocycles. The molecule has 7 heteroatoms. The molecule has 0 saturated heterocycles. The van der Waals surface area contributed by atoms with Crippen molar-refractivity contribution < 1.29 is 19.7 Å². The molecule has 30 heavy (non-hydrogen) atoms. The van der Waals surface area contributed by atoms with Crippen LogP contribution >= 0.6 is 11.6 Å². The smallest absolute Gasteiger partial charge is 0.253 e. The minimum atomic E-state index is -0.507. The van der Waals surface area contributed by atoms with E-state index in [0.717, 1.165) is 44.1 Å². The number of unbranched alkanes of at least 4 members (excludes halogenated alkanes) is 2. The summed E-state index contributed by atoms with van der Waals surface area (Å²) in [6.07, 6.45) is 6.90. The molecule has 3 N–H and O–H groups in total. The van der Waals surface area contributed by atoms with E-state index in [0.29, 0.717) is 35.1 Å². The minimum absolute atomic E-state index is 0.174. The number of halogens is 1. The molecular weight excluding hydrogens is 404 g/mol. The molecule has 0 radical (unpaired) electrons. The lowest BCUT2D eigenvalue weighted by Gasteiger charge is -2.28. The van der Waals surface area contributed by atoms with Gasteiger partial charge in [-0.3, -0.25) is 4.79 Å². The van der Waals surface area contributed by atoms with Gasteiger partial charge in [-0.15, -0.1) is 0 Å². The topological polar surface area (TPSA) is 91.7 Å². The highest BCUT2D eigenvalue weighted by Crippen LogP contribution is 2.30. The molecule has 2 atom stereocenters. The van der Waals surface area contributed by atoms with E-state index in [-0.39, 0.29) is 18.6 Å². The number of benzene rings is 1. The zero-order valence-corrected chi connectivity index (χ0v) is 17.8. The Labute approximate surface area is 182 Å². The van der Waals surface area contributed by atoms with Gasteiger partial charge >= 0.3 is 0 Å². The number of nitrogens with zero attached hydrogens (tertiary/aromatic N) is 1. The van der Waals surface area contributed by atoms with Crippen LogP contribution in [0.15, 0.2) is 36.5 Å². The van der Waals surface area contributed by atoms with Crippen LogP contribution in [0.2, 0.25) is 5.02 Å². The van der Waals surface area contributed by atoms with Gasteiger partial charge in [0.25, 0.3) is 5.91 Å². The van der Waals surface area contributed by atoms with E-state index in [1.165, 1.54) is 6.20 Å². The maximum atomic E-state index is 12.8. The average Bonchev–Trinajstić information content (AvgIpc) is 2.76. The second-order valence-corrected chi connectivity index (χ2v) is 8.08. The van der Waals surface area contributed by atoms with Crippen LogP contribution in [0.1, 0.15) is 55.3 Å². The van der Waals surface area contributed by atoms with Crippen LogP contribution in [0.3, 0.4) is 0 Å². The standard InChI is InChI=1S/C23H29ClN2O4/c24-18-10-8-16(9-11-18)19-14-17(15-25-23(19)30-13-5-1-4-12-27)22(29)26-20-6-2-3-7-21(20)28/h8-11,14-15,20-21,27-28H,1-7,12-13H2,(H,26,29)/t20-,21-/m1/s1. The van der Waals surface area contributed by atoms with E-state index in [2.05, 4.69) is 10.3 Å². The van der Waals surface area contributed by atoms with Crippen LogP contribution in [0.4, 0.5) is 0 Å². The number of ether oxygens (including phenoxy) is 1. The van der Waals surface area contributed by atoms with Crippen molar-refractivity contribution >= 4 is 17.5 Å². The molecule has 1 fully saturated rings. The summed E-state index contributed by atoms with van der Waals surface area (Å²) >= 11 is 6.02. The molecule has 0 spiro atoms.